The Morgan fingerprint density at radius 3 is 2.00 bits per heavy atom. The van der Waals surface area contributed by atoms with Crippen LogP contribution in [0.25, 0.3) is 0 Å². The third-order valence-electron chi connectivity index (χ3n) is 0.443. The van der Waals surface area contributed by atoms with Gasteiger partial charge in [-0.1, -0.05) is 0 Å². The van der Waals surface area contributed by atoms with Crippen LogP contribution in [-0.4, -0.2) is 18.0 Å². The smallest absolute Gasteiger partial charge is 0.208 e. The van der Waals surface area contributed by atoms with Crippen LogP contribution in [0.1, 0.15) is 6.92 Å². The Hall–Kier alpha value is -0.570. The number of hydroxylamine groups is 2. The zero-order valence-corrected chi connectivity index (χ0v) is 3.76. The molecule has 3 nitrogen and oxygen atoms in total. The van der Waals surface area contributed by atoms with E-state index in [0.717, 1.165) is 0 Å². The highest BCUT2D eigenvalue weighted by atomic mass is 16.5. The Morgan fingerprint density at radius 1 is 1.83 bits per heavy atom. The van der Waals surface area contributed by atoms with E-state index in [1.54, 1.807) is 0 Å². The van der Waals surface area contributed by atoms with E-state index in [1.165, 1.54) is 14.0 Å². The van der Waals surface area contributed by atoms with Gasteiger partial charge in [0.2, 0.25) is 5.91 Å². The maximum absolute atomic E-state index is 9.76. The van der Waals surface area contributed by atoms with Crippen molar-refractivity contribution in [2.75, 3.05) is 7.05 Å². The minimum Gasteiger partial charge on any atom is -0.756 e. The summed E-state index contributed by atoms with van der Waals surface area (Å²) in [7, 11) is 1.17. The summed E-state index contributed by atoms with van der Waals surface area (Å²) in [6.45, 7) is 1.22. The molecule has 6 heavy (non-hydrogen) atoms. The first-order valence-electron chi connectivity index (χ1n) is 1.56. The average Bonchev–Trinajstić information content (AvgIpc) is 1.36. The van der Waals surface area contributed by atoms with E-state index in [4.69, 9.17) is 0 Å². The summed E-state index contributed by atoms with van der Waals surface area (Å²) in [5.74, 6) is -0.463. The predicted octanol–water partition coefficient (Wildman–Crippen LogP) is -0.0375. The molecule has 0 N–H and O–H groups in total. The molecule has 0 radical (unpaired) electrons. The second-order valence-corrected chi connectivity index (χ2v) is 1.02. The highest BCUT2D eigenvalue weighted by Crippen LogP contribution is 1.72. The fraction of sp³-hybridized carbons (Fsp3) is 0.667. The molecular weight excluding hydrogens is 82.0 g/mol. The summed E-state index contributed by atoms with van der Waals surface area (Å²) in [4.78, 5) is 9.76. The van der Waals surface area contributed by atoms with Gasteiger partial charge in [-0.25, -0.2) is 0 Å². The maximum Gasteiger partial charge on any atom is 0.208 e. The topological polar surface area (TPSA) is 43.4 Å². The van der Waals surface area contributed by atoms with Crippen LogP contribution in [0.3, 0.4) is 0 Å². The summed E-state index contributed by atoms with van der Waals surface area (Å²) < 4.78 is 0. The Kier molecular flexibility index (Phi) is 1.60. The van der Waals surface area contributed by atoms with Gasteiger partial charge in [-0.15, -0.1) is 0 Å². The molecule has 0 rings (SSSR count). The van der Waals surface area contributed by atoms with E-state index in [2.05, 4.69) is 0 Å². The Balaban J connectivity index is 3.26. The lowest BCUT2D eigenvalue weighted by atomic mass is 10.7. The molecule has 0 aliphatic heterocycles. The lowest BCUT2D eigenvalue weighted by Crippen LogP contribution is -2.14. The number of nitrogens with zero attached hydrogens (tertiary/aromatic N) is 1. The predicted molar refractivity (Wildman–Crippen MR) is 21.8 cm³/mol. The molecule has 0 heterocycles. The fourth-order valence-corrected chi connectivity index (χ4v) is 0. The van der Waals surface area contributed by atoms with Gasteiger partial charge in [0.1, 0.15) is 0 Å². The van der Waals surface area contributed by atoms with E-state index in [-0.39, 0.29) is 5.06 Å². The molecule has 0 bridgehead atoms. The highest BCUT2D eigenvalue weighted by Gasteiger charge is 1.80. The minimum absolute atomic E-state index is 0.278. The molecule has 0 atom stereocenters. The van der Waals surface area contributed by atoms with Crippen molar-refractivity contribution in [1.29, 1.82) is 0 Å². The van der Waals surface area contributed by atoms with Crippen molar-refractivity contribution in [3.63, 3.8) is 0 Å². The van der Waals surface area contributed by atoms with Gasteiger partial charge in [-0.3, -0.25) is 4.79 Å². The van der Waals surface area contributed by atoms with Crippen molar-refractivity contribution in [3.05, 3.63) is 5.21 Å². The Bertz CT molecular complexity index is 59.8. The van der Waals surface area contributed by atoms with Crippen LogP contribution >= 0.6 is 0 Å². The van der Waals surface area contributed by atoms with Crippen LogP contribution in [0.2, 0.25) is 0 Å². The molecule has 0 aliphatic carbocycles. The van der Waals surface area contributed by atoms with Gasteiger partial charge in [-0.2, -0.15) is 0 Å². The number of carbonyl (C=O) groups is 1. The van der Waals surface area contributed by atoms with Crippen LogP contribution in [0.4, 0.5) is 0 Å². The van der Waals surface area contributed by atoms with Crippen LogP contribution in [-0.2, 0) is 4.79 Å². The van der Waals surface area contributed by atoms with Gasteiger partial charge >= 0.3 is 0 Å². The standard InChI is InChI=1S/C3H6NO2/c1-3(5)4(2)6/h1-2H3/q-1. The maximum atomic E-state index is 9.76. The summed E-state index contributed by atoms with van der Waals surface area (Å²) in [5.41, 5.74) is 0. The zero-order chi connectivity index (χ0) is 5.15. The van der Waals surface area contributed by atoms with Crippen molar-refractivity contribution in [3.8, 4) is 0 Å². The largest absolute Gasteiger partial charge is 0.756 e. The minimum atomic E-state index is -0.463. The first kappa shape index (κ1) is 5.43. The number of hydrogen-bond donors (Lipinski definition) is 0. The zero-order valence-electron chi connectivity index (χ0n) is 3.76. The third-order valence-corrected chi connectivity index (χ3v) is 0.443. The van der Waals surface area contributed by atoms with Gasteiger partial charge in [-0.05, 0) is 7.05 Å². The molecule has 0 aromatic carbocycles. The van der Waals surface area contributed by atoms with Crippen LogP contribution < -0.4 is 0 Å². The summed E-state index contributed by atoms with van der Waals surface area (Å²) in [5, 5.41) is 9.99. The lowest BCUT2D eigenvalue weighted by molar-refractivity contribution is -0.125. The van der Waals surface area contributed by atoms with Crippen LogP contribution in [0.15, 0.2) is 0 Å². The fourth-order valence-electron chi connectivity index (χ4n) is 0. The lowest BCUT2D eigenvalue weighted by Gasteiger charge is -2.18. The Morgan fingerprint density at radius 2 is 2.00 bits per heavy atom. The molecule has 0 aromatic rings. The number of rotatable bonds is 0. The first-order valence-corrected chi connectivity index (χ1v) is 1.56. The van der Waals surface area contributed by atoms with Gasteiger partial charge in [0, 0.05) is 6.92 Å². The van der Waals surface area contributed by atoms with E-state index >= 15 is 0 Å². The molecule has 0 aliphatic rings. The second-order valence-electron chi connectivity index (χ2n) is 1.02. The normalized spacial score (nSPS) is 7.83. The van der Waals surface area contributed by atoms with E-state index in [1.807, 2.05) is 0 Å². The molecule has 0 fully saturated rings. The van der Waals surface area contributed by atoms with Gasteiger partial charge in [0.15, 0.2) is 0 Å². The molecule has 0 saturated carbocycles. The molecule has 0 aromatic heterocycles. The van der Waals surface area contributed by atoms with Crippen LogP contribution in [0.5, 0.6) is 0 Å². The quantitative estimate of drug-likeness (QED) is 0.390. The molecule has 36 valence electrons. The first-order chi connectivity index (χ1) is 2.64. The third kappa shape index (κ3) is 1.72. The van der Waals surface area contributed by atoms with Crippen molar-refractivity contribution in [2.24, 2.45) is 0 Å². The van der Waals surface area contributed by atoms with E-state index < -0.39 is 5.91 Å². The number of hydrogen-bond acceptors (Lipinski definition) is 2. The highest BCUT2D eigenvalue weighted by molar-refractivity contribution is 5.73. The number of carbonyl (C=O) groups excluding carboxylic acids is 1. The summed E-state index contributed by atoms with van der Waals surface area (Å²) >= 11 is 0. The summed E-state index contributed by atoms with van der Waals surface area (Å²) in [6, 6.07) is 0. The average molecular weight is 88.1 g/mol. The molecule has 1 amide bonds. The number of amides is 1. The molecule has 3 heteroatoms. The molecule has 0 spiro atoms. The van der Waals surface area contributed by atoms with Crippen molar-refractivity contribution in [1.82, 2.24) is 5.06 Å². The molecular formula is C3H6NO2-. The van der Waals surface area contributed by atoms with Gasteiger partial charge in [0.25, 0.3) is 0 Å². The van der Waals surface area contributed by atoms with E-state index in [9.17, 15) is 10.0 Å². The second kappa shape index (κ2) is 1.77. The molecule has 0 unspecified atom stereocenters. The van der Waals surface area contributed by atoms with Crippen molar-refractivity contribution < 1.29 is 4.79 Å². The van der Waals surface area contributed by atoms with Crippen molar-refractivity contribution in [2.45, 2.75) is 6.92 Å². The Labute approximate surface area is 36.1 Å². The summed E-state index contributed by atoms with van der Waals surface area (Å²) in [6.07, 6.45) is 0. The van der Waals surface area contributed by atoms with E-state index in [0.29, 0.717) is 0 Å². The monoisotopic (exact) mass is 88.0 g/mol. The van der Waals surface area contributed by atoms with Gasteiger partial charge in [0.05, 0.1) is 0 Å². The van der Waals surface area contributed by atoms with Crippen molar-refractivity contribution >= 4 is 5.91 Å². The van der Waals surface area contributed by atoms with Crippen LogP contribution in [0, 0.1) is 5.21 Å². The van der Waals surface area contributed by atoms with Gasteiger partial charge < -0.3 is 10.3 Å². The SMILES string of the molecule is CC(=O)N(C)[O-]. The molecule has 0 saturated heterocycles.